The highest BCUT2D eigenvalue weighted by molar-refractivity contribution is 7.99. The standard InChI is InChI=1S/C9H9N3OS2.ClH/c1-2-7(15-3-1)8-11-9(13-12-8)6-4-14-5-10-6;/h1-3,6,10H,4-5H2;1H/t6-;/m1./s1. The van der Waals surface area contributed by atoms with Crippen LogP contribution in [-0.4, -0.2) is 21.8 Å². The van der Waals surface area contributed by atoms with E-state index in [9.17, 15) is 0 Å². The van der Waals surface area contributed by atoms with Gasteiger partial charge in [-0.05, 0) is 11.4 Å². The van der Waals surface area contributed by atoms with Gasteiger partial charge in [0.2, 0.25) is 11.7 Å². The van der Waals surface area contributed by atoms with Gasteiger partial charge < -0.3 is 4.52 Å². The van der Waals surface area contributed by atoms with Gasteiger partial charge in [0.25, 0.3) is 0 Å². The molecule has 0 spiro atoms. The van der Waals surface area contributed by atoms with Crippen molar-refractivity contribution < 1.29 is 4.52 Å². The third-order valence-electron chi connectivity index (χ3n) is 2.20. The molecule has 0 radical (unpaired) electrons. The molecule has 0 bridgehead atoms. The van der Waals surface area contributed by atoms with Crippen LogP contribution >= 0.6 is 35.5 Å². The van der Waals surface area contributed by atoms with E-state index in [0.717, 1.165) is 16.5 Å². The molecule has 0 aliphatic carbocycles. The van der Waals surface area contributed by atoms with Crippen molar-refractivity contribution in [2.24, 2.45) is 0 Å². The molecule has 86 valence electrons. The van der Waals surface area contributed by atoms with Crippen molar-refractivity contribution in [2.45, 2.75) is 6.04 Å². The fourth-order valence-corrected chi connectivity index (χ4v) is 3.02. The smallest absolute Gasteiger partial charge is 0.245 e. The average Bonchev–Trinajstić information content (AvgIpc) is 3.02. The van der Waals surface area contributed by atoms with Crippen LogP contribution in [0.1, 0.15) is 11.9 Å². The highest BCUT2D eigenvalue weighted by Gasteiger charge is 2.23. The quantitative estimate of drug-likeness (QED) is 0.913. The predicted molar refractivity (Wildman–Crippen MR) is 68.1 cm³/mol. The van der Waals surface area contributed by atoms with Gasteiger partial charge in [0.05, 0.1) is 10.9 Å². The number of hydrogen-bond acceptors (Lipinski definition) is 6. The van der Waals surface area contributed by atoms with E-state index in [1.807, 2.05) is 29.3 Å². The second-order valence-corrected chi connectivity index (χ2v) is 5.18. The van der Waals surface area contributed by atoms with Crippen molar-refractivity contribution in [3.63, 3.8) is 0 Å². The van der Waals surface area contributed by atoms with Crippen molar-refractivity contribution in [2.75, 3.05) is 11.6 Å². The van der Waals surface area contributed by atoms with Gasteiger partial charge in [-0.3, -0.25) is 5.32 Å². The van der Waals surface area contributed by atoms with Gasteiger partial charge in [-0.2, -0.15) is 4.98 Å². The molecule has 2 aromatic heterocycles. The molecule has 16 heavy (non-hydrogen) atoms. The average molecular weight is 276 g/mol. The summed E-state index contributed by atoms with van der Waals surface area (Å²) in [5.74, 6) is 3.36. The molecule has 1 N–H and O–H groups in total. The Morgan fingerprint density at radius 1 is 1.50 bits per heavy atom. The minimum absolute atomic E-state index is 0. The first-order chi connectivity index (χ1) is 7.43. The Bertz CT molecular complexity index is 439. The number of hydrogen-bond donors (Lipinski definition) is 1. The first-order valence-corrected chi connectivity index (χ1v) is 6.65. The second-order valence-electron chi connectivity index (χ2n) is 3.21. The molecule has 0 saturated carbocycles. The molecule has 1 saturated heterocycles. The molecule has 1 fully saturated rings. The fourth-order valence-electron chi connectivity index (χ4n) is 1.44. The monoisotopic (exact) mass is 275 g/mol. The fraction of sp³-hybridized carbons (Fsp3) is 0.333. The van der Waals surface area contributed by atoms with E-state index >= 15 is 0 Å². The summed E-state index contributed by atoms with van der Waals surface area (Å²) in [6.07, 6.45) is 0. The SMILES string of the molecule is Cl.c1csc(-c2noc([C@H]3CSCN3)n2)c1. The van der Waals surface area contributed by atoms with E-state index in [0.29, 0.717) is 11.7 Å². The normalized spacial score (nSPS) is 19.6. The number of thiophene rings is 1. The molecule has 1 aliphatic heterocycles. The van der Waals surface area contributed by atoms with Crippen LogP contribution in [0.4, 0.5) is 0 Å². The molecular weight excluding hydrogens is 266 g/mol. The van der Waals surface area contributed by atoms with E-state index in [-0.39, 0.29) is 18.4 Å². The lowest BCUT2D eigenvalue weighted by Crippen LogP contribution is -2.14. The predicted octanol–water partition coefficient (Wildman–Crippen LogP) is 2.55. The van der Waals surface area contributed by atoms with E-state index in [2.05, 4.69) is 15.5 Å². The van der Waals surface area contributed by atoms with Gasteiger partial charge in [0, 0.05) is 11.6 Å². The molecule has 1 atom stereocenters. The van der Waals surface area contributed by atoms with E-state index < -0.39 is 0 Å². The molecule has 4 nitrogen and oxygen atoms in total. The molecule has 7 heteroatoms. The topological polar surface area (TPSA) is 51.0 Å². The zero-order valence-corrected chi connectivity index (χ0v) is 10.7. The van der Waals surface area contributed by atoms with Crippen LogP contribution in [0, 0.1) is 0 Å². The molecule has 1 aliphatic rings. The molecule has 0 unspecified atom stereocenters. The van der Waals surface area contributed by atoms with Gasteiger partial charge in [0.1, 0.15) is 0 Å². The van der Waals surface area contributed by atoms with Crippen LogP contribution in [0.2, 0.25) is 0 Å². The minimum Gasteiger partial charge on any atom is -0.337 e. The van der Waals surface area contributed by atoms with E-state index in [1.54, 1.807) is 11.3 Å². The highest BCUT2D eigenvalue weighted by Crippen LogP contribution is 2.26. The second kappa shape index (κ2) is 5.18. The summed E-state index contributed by atoms with van der Waals surface area (Å²) in [4.78, 5) is 5.44. The largest absolute Gasteiger partial charge is 0.337 e. The van der Waals surface area contributed by atoms with Crippen molar-refractivity contribution in [3.05, 3.63) is 23.4 Å². The summed E-state index contributed by atoms with van der Waals surface area (Å²) in [5, 5.41) is 9.29. The van der Waals surface area contributed by atoms with E-state index in [1.165, 1.54) is 0 Å². The van der Waals surface area contributed by atoms with Crippen LogP contribution in [0.25, 0.3) is 10.7 Å². The zero-order chi connectivity index (χ0) is 10.1. The van der Waals surface area contributed by atoms with Crippen LogP contribution < -0.4 is 5.32 Å². The molecule has 3 heterocycles. The first-order valence-electron chi connectivity index (χ1n) is 4.62. The maximum Gasteiger partial charge on any atom is 0.245 e. The summed E-state index contributed by atoms with van der Waals surface area (Å²) < 4.78 is 5.24. The van der Waals surface area contributed by atoms with E-state index in [4.69, 9.17) is 4.52 Å². The summed E-state index contributed by atoms with van der Waals surface area (Å²) in [6, 6.07) is 4.20. The third kappa shape index (κ3) is 2.24. The Morgan fingerprint density at radius 2 is 2.44 bits per heavy atom. The number of thioether (sulfide) groups is 1. The van der Waals surface area contributed by atoms with Crippen LogP contribution in [0.5, 0.6) is 0 Å². The van der Waals surface area contributed by atoms with Crippen LogP contribution in [0.3, 0.4) is 0 Å². The van der Waals surface area contributed by atoms with Crippen molar-refractivity contribution in [1.29, 1.82) is 0 Å². The minimum atomic E-state index is 0. The summed E-state index contributed by atoms with van der Waals surface area (Å²) in [6.45, 7) is 0. The third-order valence-corrected chi connectivity index (χ3v) is 4.00. The Kier molecular flexibility index (Phi) is 3.86. The Hall–Kier alpha value is -0.560. The van der Waals surface area contributed by atoms with Crippen molar-refractivity contribution in [3.8, 4) is 10.7 Å². The Balaban J connectivity index is 0.000000963. The highest BCUT2D eigenvalue weighted by atomic mass is 35.5. The number of aromatic nitrogens is 2. The summed E-state index contributed by atoms with van der Waals surface area (Å²) >= 11 is 3.47. The molecule has 3 rings (SSSR count). The van der Waals surface area contributed by atoms with Gasteiger partial charge >= 0.3 is 0 Å². The Morgan fingerprint density at radius 3 is 3.12 bits per heavy atom. The van der Waals surface area contributed by atoms with Gasteiger partial charge in [-0.1, -0.05) is 11.2 Å². The number of halogens is 1. The van der Waals surface area contributed by atoms with Gasteiger partial charge in [-0.25, -0.2) is 0 Å². The maximum atomic E-state index is 5.24. The Labute approximate surface area is 107 Å². The molecular formula is C9H10ClN3OS2. The van der Waals surface area contributed by atoms with Gasteiger partial charge in [0.15, 0.2) is 0 Å². The lowest BCUT2D eigenvalue weighted by atomic mass is 10.3. The van der Waals surface area contributed by atoms with Crippen molar-refractivity contribution >= 4 is 35.5 Å². The summed E-state index contributed by atoms with van der Waals surface area (Å²) in [7, 11) is 0. The number of nitrogens with zero attached hydrogens (tertiary/aromatic N) is 2. The van der Waals surface area contributed by atoms with Crippen LogP contribution in [-0.2, 0) is 0 Å². The lowest BCUT2D eigenvalue weighted by molar-refractivity contribution is 0.351. The lowest BCUT2D eigenvalue weighted by Gasteiger charge is -1.99. The van der Waals surface area contributed by atoms with Gasteiger partial charge in [-0.15, -0.1) is 35.5 Å². The molecule has 2 aromatic rings. The van der Waals surface area contributed by atoms with Crippen molar-refractivity contribution in [1.82, 2.24) is 15.5 Å². The molecule has 0 aromatic carbocycles. The number of rotatable bonds is 2. The first kappa shape index (κ1) is 11.9. The summed E-state index contributed by atoms with van der Waals surface area (Å²) in [5.41, 5.74) is 0. The van der Waals surface area contributed by atoms with Crippen LogP contribution in [0.15, 0.2) is 22.0 Å². The zero-order valence-electron chi connectivity index (χ0n) is 8.25. The molecule has 0 amide bonds. The number of nitrogens with one attached hydrogen (secondary N) is 1. The maximum absolute atomic E-state index is 5.24.